The molecule has 2 rings (SSSR count). The zero-order chi connectivity index (χ0) is 10.8. The third-order valence-corrected chi connectivity index (χ3v) is 2.74. The molecule has 1 atom stereocenters. The van der Waals surface area contributed by atoms with E-state index in [1.807, 2.05) is 6.92 Å². The first kappa shape index (κ1) is 10.2. The van der Waals surface area contributed by atoms with Crippen molar-refractivity contribution in [2.24, 2.45) is 11.7 Å². The summed E-state index contributed by atoms with van der Waals surface area (Å²) < 4.78 is 0. The Morgan fingerprint density at radius 2 is 2.53 bits per heavy atom. The lowest BCUT2D eigenvalue weighted by Gasteiger charge is -2.09. The summed E-state index contributed by atoms with van der Waals surface area (Å²) >= 11 is 0. The fraction of sp³-hybridized carbons (Fsp3) is 0.600. The Morgan fingerprint density at radius 3 is 3.07 bits per heavy atom. The van der Waals surface area contributed by atoms with Crippen LogP contribution in [0.3, 0.4) is 0 Å². The largest absolute Gasteiger partial charge is 0.327 e. The highest BCUT2D eigenvalue weighted by atomic mass is 16.1. The number of aromatic amines is 1. The van der Waals surface area contributed by atoms with Gasteiger partial charge in [-0.1, -0.05) is 0 Å². The molecule has 4 N–H and O–H groups in total. The molecular weight excluding hydrogens is 192 g/mol. The van der Waals surface area contributed by atoms with Crippen molar-refractivity contribution in [2.45, 2.75) is 32.2 Å². The van der Waals surface area contributed by atoms with Gasteiger partial charge in [0.15, 0.2) is 0 Å². The maximum atomic E-state index is 11.6. The van der Waals surface area contributed by atoms with Crippen molar-refractivity contribution in [1.82, 2.24) is 10.2 Å². The number of hydrogen-bond acceptors (Lipinski definition) is 3. The summed E-state index contributed by atoms with van der Waals surface area (Å²) in [6.07, 6.45) is 4.40. The second-order valence-electron chi connectivity index (χ2n) is 4.18. The van der Waals surface area contributed by atoms with Crippen LogP contribution in [0.1, 0.15) is 24.8 Å². The molecule has 1 heterocycles. The molecule has 1 aromatic rings. The highest BCUT2D eigenvalue weighted by Crippen LogP contribution is 2.32. The van der Waals surface area contributed by atoms with Crippen LogP contribution in [0.5, 0.6) is 0 Å². The molecule has 1 fully saturated rings. The van der Waals surface area contributed by atoms with Crippen molar-refractivity contribution in [2.75, 3.05) is 5.32 Å². The monoisotopic (exact) mass is 208 g/mol. The molecule has 5 heteroatoms. The van der Waals surface area contributed by atoms with Crippen LogP contribution in [0, 0.1) is 12.8 Å². The Bertz CT molecular complexity index is 356. The van der Waals surface area contributed by atoms with Crippen molar-refractivity contribution < 1.29 is 4.79 Å². The van der Waals surface area contributed by atoms with Crippen LogP contribution < -0.4 is 11.1 Å². The first-order chi connectivity index (χ1) is 7.16. The zero-order valence-electron chi connectivity index (χ0n) is 8.79. The summed E-state index contributed by atoms with van der Waals surface area (Å²) in [4.78, 5) is 11.6. The van der Waals surface area contributed by atoms with Crippen molar-refractivity contribution in [3.63, 3.8) is 0 Å². The van der Waals surface area contributed by atoms with Gasteiger partial charge >= 0.3 is 0 Å². The van der Waals surface area contributed by atoms with Crippen LogP contribution in [0.4, 0.5) is 5.82 Å². The minimum absolute atomic E-state index is 0.00762. The fourth-order valence-electron chi connectivity index (χ4n) is 1.57. The number of hydrogen-bond donors (Lipinski definition) is 3. The predicted molar refractivity (Wildman–Crippen MR) is 57.3 cm³/mol. The van der Waals surface area contributed by atoms with E-state index in [1.54, 1.807) is 6.20 Å². The molecule has 0 saturated heterocycles. The highest BCUT2D eigenvalue weighted by molar-refractivity contribution is 5.90. The number of rotatable bonds is 4. The van der Waals surface area contributed by atoms with Gasteiger partial charge in [0.05, 0.1) is 6.20 Å². The Balaban J connectivity index is 1.84. The van der Waals surface area contributed by atoms with Crippen LogP contribution in [-0.2, 0) is 4.79 Å². The van der Waals surface area contributed by atoms with E-state index >= 15 is 0 Å². The number of nitrogens with zero attached hydrogens (tertiary/aromatic N) is 1. The number of anilines is 1. The zero-order valence-corrected chi connectivity index (χ0v) is 8.79. The Morgan fingerprint density at radius 1 is 1.80 bits per heavy atom. The number of aryl methyl sites for hydroxylation is 1. The molecule has 1 saturated carbocycles. The average Bonchev–Trinajstić information content (AvgIpc) is 2.94. The van der Waals surface area contributed by atoms with E-state index in [4.69, 9.17) is 5.73 Å². The minimum atomic E-state index is -0.0400. The summed E-state index contributed by atoms with van der Waals surface area (Å²) in [7, 11) is 0. The number of H-pyrrole nitrogens is 1. The Kier molecular flexibility index (Phi) is 2.73. The number of carbonyl (C=O) groups excluding carboxylic acids is 1. The summed E-state index contributed by atoms with van der Waals surface area (Å²) in [5, 5.41) is 9.33. The number of amides is 1. The van der Waals surface area contributed by atoms with Crippen molar-refractivity contribution in [3.8, 4) is 0 Å². The topological polar surface area (TPSA) is 83.8 Å². The molecule has 1 aliphatic rings. The smallest absolute Gasteiger partial charge is 0.227 e. The van der Waals surface area contributed by atoms with Crippen LogP contribution >= 0.6 is 0 Å². The summed E-state index contributed by atoms with van der Waals surface area (Å²) in [6.45, 7) is 1.89. The van der Waals surface area contributed by atoms with Gasteiger partial charge in [0.25, 0.3) is 0 Å². The maximum Gasteiger partial charge on any atom is 0.227 e. The fourth-order valence-corrected chi connectivity index (χ4v) is 1.57. The summed E-state index contributed by atoms with van der Waals surface area (Å²) in [5.41, 5.74) is 6.79. The number of carbonyl (C=O) groups is 1. The molecule has 82 valence electrons. The Hall–Kier alpha value is -1.36. The van der Waals surface area contributed by atoms with Crippen LogP contribution in [-0.4, -0.2) is 22.1 Å². The molecule has 0 bridgehead atoms. The SMILES string of the molecule is Cc1cn[nH]c1NC(=O)CC(N)C1CC1. The second-order valence-corrected chi connectivity index (χ2v) is 4.18. The molecule has 1 amide bonds. The predicted octanol–water partition coefficient (Wildman–Crippen LogP) is 0.784. The molecule has 1 unspecified atom stereocenters. The molecule has 15 heavy (non-hydrogen) atoms. The van der Waals surface area contributed by atoms with Gasteiger partial charge in [-0.25, -0.2) is 0 Å². The van der Waals surface area contributed by atoms with E-state index < -0.39 is 0 Å². The quantitative estimate of drug-likeness (QED) is 0.683. The van der Waals surface area contributed by atoms with Gasteiger partial charge < -0.3 is 11.1 Å². The molecule has 0 radical (unpaired) electrons. The first-order valence-corrected chi connectivity index (χ1v) is 5.22. The standard InChI is InChI=1S/C10H16N4O/c1-6-5-12-14-10(6)13-9(15)4-8(11)7-2-3-7/h5,7-8H,2-4,11H2,1H3,(H2,12,13,14,15). The van der Waals surface area contributed by atoms with Gasteiger partial charge in [0.1, 0.15) is 5.82 Å². The van der Waals surface area contributed by atoms with Crippen LogP contribution in [0.2, 0.25) is 0 Å². The van der Waals surface area contributed by atoms with Gasteiger partial charge in [-0.3, -0.25) is 9.89 Å². The average molecular weight is 208 g/mol. The minimum Gasteiger partial charge on any atom is -0.327 e. The maximum absolute atomic E-state index is 11.6. The molecule has 0 spiro atoms. The lowest BCUT2D eigenvalue weighted by Crippen LogP contribution is -2.29. The Labute approximate surface area is 88.4 Å². The van der Waals surface area contributed by atoms with Crippen molar-refractivity contribution in [1.29, 1.82) is 0 Å². The van der Waals surface area contributed by atoms with Crippen LogP contribution in [0.15, 0.2) is 6.20 Å². The van der Waals surface area contributed by atoms with Gasteiger partial charge in [0.2, 0.25) is 5.91 Å². The van der Waals surface area contributed by atoms with Gasteiger partial charge in [-0.15, -0.1) is 0 Å². The number of aromatic nitrogens is 2. The number of nitrogens with one attached hydrogen (secondary N) is 2. The molecule has 0 aromatic carbocycles. The third kappa shape index (κ3) is 2.56. The van der Waals surface area contributed by atoms with Gasteiger partial charge in [-0.05, 0) is 25.7 Å². The van der Waals surface area contributed by atoms with E-state index in [9.17, 15) is 4.79 Å². The summed E-state index contributed by atoms with van der Waals surface area (Å²) in [5.74, 6) is 1.18. The first-order valence-electron chi connectivity index (χ1n) is 5.22. The van der Waals surface area contributed by atoms with Gasteiger partial charge in [-0.2, -0.15) is 5.10 Å². The lowest BCUT2D eigenvalue weighted by atomic mass is 10.1. The van der Waals surface area contributed by atoms with Crippen LogP contribution in [0.25, 0.3) is 0 Å². The lowest BCUT2D eigenvalue weighted by molar-refractivity contribution is -0.116. The molecular formula is C10H16N4O. The van der Waals surface area contributed by atoms with E-state index in [2.05, 4.69) is 15.5 Å². The molecule has 0 aliphatic heterocycles. The number of nitrogens with two attached hydrogens (primary N) is 1. The summed E-state index contributed by atoms with van der Waals surface area (Å²) in [6, 6.07) is 0.00762. The van der Waals surface area contributed by atoms with E-state index in [-0.39, 0.29) is 11.9 Å². The van der Waals surface area contributed by atoms with Crippen molar-refractivity contribution in [3.05, 3.63) is 11.8 Å². The highest BCUT2D eigenvalue weighted by Gasteiger charge is 2.29. The molecule has 5 nitrogen and oxygen atoms in total. The van der Waals surface area contributed by atoms with Gasteiger partial charge in [0, 0.05) is 18.0 Å². The van der Waals surface area contributed by atoms with E-state index in [0.717, 1.165) is 18.4 Å². The third-order valence-electron chi connectivity index (χ3n) is 2.74. The van der Waals surface area contributed by atoms with E-state index in [1.165, 1.54) is 0 Å². The molecule has 1 aromatic heterocycles. The second kappa shape index (κ2) is 4.02. The molecule has 1 aliphatic carbocycles. The van der Waals surface area contributed by atoms with Crippen molar-refractivity contribution >= 4 is 11.7 Å². The normalized spacial score (nSPS) is 17.5. The van der Waals surface area contributed by atoms with E-state index in [0.29, 0.717) is 18.2 Å².